The van der Waals surface area contributed by atoms with Gasteiger partial charge in [-0.25, -0.2) is 0 Å². The van der Waals surface area contributed by atoms with Gasteiger partial charge >= 0.3 is 0 Å². The normalized spacial score (nSPS) is 22.4. The molecular weight excluding hydrogens is 258 g/mol. The molecule has 94 valence electrons. The Labute approximate surface area is 110 Å². The largest absolute Gasteiger partial charge is 0.377 e. The van der Waals surface area contributed by atoms with Gasteiger partial charge in [0.15, 0.2) is 5.78 Å². The monoisotopic (exact) mass is 273 g/mol. The summed E-state index contributed by atoms with van der Waals surface area (Å²) in [7, 11) is 0. The van der Waals surface area contributed by atoms with Crippen LogP contribution in [0.4, 0.5) is 0 Å². The number of thiophene rings is 1. The summed E-state index contributed by atoms with van der Waals surface area (Å²) in [5.74, 6) is 0.149. The minimum absolute atomic E-state index is 0.149. The van der Waals surface area contributed by atoms with Crippen molar-refractivity contribution in [1.29, 1.82) is 0 Å². The smallest absolute Gasteiger partial charge is 0.186 e. The maximum Gasteiger partial charge on any atom is 0.186 e. The molecule has 0 aromatic carbocycles. The van der Waals surface area contributed by atoms with Gasteiger partial charge in [0.25, 0.3) is 0 Å². The van der Waals surface area contributed by atoms with Crippen LogP contribution in [0.2, 0.25) is 4.34 Å². The van der Waals surface area contributed by atoms with Crippen molar-refractivity contribution < 1.29 is 9.53 Å². The highest BCUT2D eigenvalue weighted by Gasteiger charge is 2.18. The molecule has 0 N–H and O–H groups in total. The number of halogens is 1. The minimum Gasteiger partial charge on any atom is -0.377 e. The first-order valence-corrected chi connectivity index (χ1v) is 6.97. The zero-order valence-corrected chi connectivity index (χ0v) is 11.4. The molecule has 5 heteroatoms. The van der Waals surface area contributed by atoms with E-state index in [9.17, 15) is 4.79 Å². The second kappa shape index (κ2) is 5.96. The van der Waals surface area contributed by atoms with E-state index < -0.39 is 0 Å². The second-order valence-electron chi connectivity index (χ2n) is 4.30. The molecule has 1 aromatic rings. The molecule has 0 saturated carbocycles. The molecule has 1 unspecified atom stereocenters. The van der Waals surface area contributed by atoms with Crippen LogP contribution in [0, 0.1) is 0 Å². The fraction of sp³-hybridized carbons (Fsp3) is 0.583. The Balaban J connectivity index is 1.93. The molecule has 0 spiro atoms. The third-order valence-corrected chi connectivity index (χ3v) is 4.02. The molecule has 1 aromatic heterocycles. The van der Waals surface area contributed by atoms with Gasteiger partial charge in [-0.15, -0.1) is 11.3 Å². The minimum atomic E-state index is 0.149. The summed E-state index contributed by atoms with van der Waals surface area (Å²) >= 11 is 7.18. The molecule has 1 aliphatic heterocycles. The quantitative estimate of drug-likeness (QED) is 0.793. The van der Waals surface area contributed by atoms with Crippen molar-refractivity contribution in [2.75, 3.05) is 26.2 Å². The number of rotatable bonds is 3. The molecule has 3 nitrogen and oxygen atoms in total. The van der Waals surface area contributed by atoms with E-state index in [2.05, 4.69) is 4.90 Å². The van der Waals surface area contributed by atoms with Crippen molar-refractivity contribution >= 4 is 28.7 Å². The van der Waals surface area contributed by atoms with Gasteiger partial charge in [0.1, 0.15) is 0 Å². The van der Waals surface area contributed by atoms with Crippen molar-refractivity contribution in [3.8, 4) is 0 Å². The van der Waals surface area contributed by atoms with Crippen LogP contribution >= 0.6 is 22.9 Å². The summed E-state index contributed by atoms with van der Waals surface area (Å²) < 4.78 is 6.22. The van der Waals surface area contributed by atoms with Crippen LogP contribution < -0.4 is 0 Å². The van der Waals surface area contributed by atoms with E-state index >= 15 is 0 Å². The summed E-state index contributed by atoms with van der Waals surface area (Å²) in [5, 5.41) is 0. The summed E-state index contributed by atoms with van der Waals surface area (Å²) in [6.45, 7) is 5.05. The highest BCUT2D eigenvalue weighted by molar-refractivity contribution is 7.18. The molecular formula is C12H16ClNO2S. The summed E-state index contributed by atoms with van der Waals surface area (Å²) in [6, 6.07) is 3.57. The predicted octanol–water partition coefficient (Wildman–Crippen LogP) is 2.70. The molecule has 1 atom stereocenters. The van der Waals surface area contributed by atoms with Gasteiger partial charge in [0.05, 0.1) is 21.9 Å². The highest BCUT2D eigenvalue weighted by Crippen LogP contribution is 2.22. The highest BCUT2D eigenvalue weighted by atomic mass is 35.5. The lowest BCUT2D eigenvalue weighted by Crippen LogP contribution is -2.34. The third-order valence-electron chi connectivity index (χ3n) is 2.75. The van der Waals surface area contributed by atoms with E-state index in [0.717, 1.165) is 31.0 Å². The standard InChI is InChI=1S/C12H16ClNO2S/c1-9-7-14(5-2-6-16-9)8-10(15)11-3-4-12(13)17-11/h3-4,9H,2,5-8H2,1H3. The first kappa shape index (κ1) is 13.0. The molecule has 17 heavy (non-hydrogen) atoms. The Bertz CT molecular complexity index is 394. The molecule has 0 radical (unpaired) electrons. The van der Waals surface area contributed by atoms with Crippen molar-refractivity contribution in [2.45, 2.75) is 19.4 Å². The molecule has 1 aliphatic rings. The van der Waals surface area contributed by atoms with Crippen molar-refractivity contribution in [3.05, 3.63) is 21.3 Å². The first-order chi connectivity index (χ1) is 8.15. The Morgan fingerprint density at radius 2 is 2.47 bits per heavy atom. The molecule has 2 rings (SSSR count). The summed E-state index contributed by atoms with van der Waals surface area (Å²) in [6.07, 6.45) is 1.19. The van der Waals surface area contributed by atoms with Gasteiger partial charge < -0.3 is 4.74 Å². The molecule has 1 fully saturated rings. The zero-order chi connectivity index (χ0) is 12.3. The van der Waals surface area contributed by atoms with Crippen LogP contribution in [0.15, 0.2) is 12.1 Å². The average molecular weight is 274 g/mol. The number of hydrogen-bond acceptors (Lipinski definition) is 4. The van der Waals surface area contributed by atoms with Gasteiger partial charge in [-0.1, -0.05) is 11.6 Å². The Kier molecular flexibility index (Phi) is 4.56. The zero-order valence-electron chi connectivity index (χ0n) is 9.82. The number of nitrogens with zero attached hydrogens (tertiary/aromatic N) is 1. The van der Waals surface area contributed by atoms with E-state index in [0.29, 0.717) is 10.9 Å². The molecule has 1 saturated heterocycles. The van der Waals surface area contributed by atoms with Crippen molar-refractivity contribution in [3.63, 3.8) is 0 Å². The van der Waals surface area contributed by atoms with E-state index in [1.165, 1.54) is 11.3 Å². The van der Waals surface area contributed by atoms with Crippen LogP contribution in [0.1, 0.15) is 23.0 Å². The maximum absolute atomic E-state index is 12.0. The average Bonchev–Trinajstić information content (AvgIpc) is 2.61. The summed E-state index contributed by atoms with van der Waals surface area (Å²) in [5.41, 5.74) is 0. The molecule has 2 heterocycles. The topological polar surface area (TPSA) is 29.5 Å². The number of Topliss-reactive ketones (excluding diaryl/α,β-unsaturated/α-hetero) is 1. The number of ether oxygens (including phenoxy) is 1. The molecule has 0 amide bonds. The van der Waals surface area contributed by atoms with Gasteiger partial charge in [-0.3, -0.25) is 9.69 Å². The second-order valence-corrected chi connectivity index (χ2v) is 6.01. The van der Waals surface area contributed by atoms with Crippen LogP contribution in [-0.4, -0.2) is 43.0 Å². The Morgan fingerprint density at radius 1 is 1.65 bits per heavy atom. The lowest BCUT2D eigenvalue weighted by atomic mass is 10.2. The number of carbonyl (C=O) groups excluding carboxylic acids is 1. The van der Waals surface area contributed by atoms with Crippen LogP contribution in [0.3, 0.4) is 0 Å². The third kappa shape index (κ3) is 3.78. The van der Waals surface area contributed by atoms with E-state index in [-0.39, 0.29) is 11.9 Å². The van der Waals surface area contributed by atoms with Crippen molar-refractivity contribution in [2.24, 2.45) is 0 Å². The number of carbonyl (C=O) groups is 1. The molecule has 0 bridgehead atoms. The van der Waals surface area contributed by atoms with Gasteiger partial charge in [0.2, 0.25) is 0 Å². The van der Waals surface area contributed by atoms with Gasteiger partial charge in [-0.2, -0.15) is 0 Å². The SMILES string of the molecule is CC1CN(CC(=O)c2ccc(Cl)s2)CCCO1. The fourth-order valence-corrected chi connectivity index (χ4v) is 2.94. The fourth-order valence-electron chi connectivity index (χ4n) is 1.97. The Hall–Kier alpha value is -0.420. The van der Waals surface area contributed by atoms with Crippen molar-refractivity contribution in [1.82, 2.24) is 4.90 Å². The predicted molar refractivity (Wildman–Crippen MR) is 70.1 cm³/mol. The van der Waals surface area contributed by atoms with Crippen LogP contribution in [0.5, 0.6) is 0 Å². The van der Waals surface area contributed by atoms with Gasteiger partial charge in [-0.05, 0) is 25.5 Å². The van der Waals surface area contributed by atoms with Crippen LogP contribution in [-0.2, 0) is 4.74 Å². The summed E-state index contributed by atoms with van der Waals surface area (Å²) in [4.78, 5) is 14.9. The van der Waals surface area contributed by atoms with Gasteiger partial charge in [0, 0.05) is 19.7 Å². The van der Waals surface area contributed by atoms with E-state index in [1.807, 2.05) is 6.92 Å². The maximum atomic E-state index is 12.0. The molecule has 0 aliphatic carbocycles. The number of hydrogen-bond donors (Lipinski definition) is 0. The van der Waals surface area contributed by atoms with E-state index in [1.54, 1.807) is 12.1 Å². The van der Waals surface area contributed by atoms with E-state index in [4.69, 9.17) is 16.3 Å². The lowest BCUT2D eigenvalue weighted by molar-refractivity contribution is 0.0658. The Morgan fingerprint density at radius 3 is 3.18 bits per heavy atom. The number of ketones is 1. The first-order valence-electron chi connectivity index (χ1n) is 5.77. The van der Waals surface area contributed by atoms with Crippen LogP contribution in [0.25, 0.3) is 0 Å². The lowest BCUT2D eigenvalue weighted by Gasteiger charge is -2.20.